The van der Waals surface area contributed by atoms with Crippen LogP contribution in [0, 0.1) is 0 Å². The molecular weight excluding hydrogens is 556 g/mol. The average Bonchev–Trinajstić information content (AvgIpc) is 3.33. The molecule has 12 N–H and O–H groups in total. The number of nitrogens with two attached hydrogens (primary N) is 3. The molecule has 15 nitrogen and oxygen atoms in total. The third-order valence-corrected chi connectivity index (χ3v) is 6.48. The predicted octanol–water partition coefficient (Wildman–Crippen LogP) is -1.58. The van der Waals surface area contributed by atoms with E-state index in [2.05, 4.69) is 38.6 Å². The molecule has 16 heteroatoms. The number of fused-ring (bicyclic) bond motifs is 1. The van der Waals surface area contributed by atoms with Crippen molar-refractivity contribution in [2.45, 2.75) is 56.3 Å². The SMILES string of the molecule is NC(N)=NCCCC(N)C(=O)NC(Cc1c[nH]c2ccccc12)C(=O)NC(CCC(=O)O)C(=O)NC(CS)C(=O)O. The van der Waals surface area contributed by atoms with Crippen LogP contribution in [0.1, 0.15) is 31.2 Å². The minimum atomic E-state index is -1.41. The van der Waals surface area contributed by atoms with Crippen LogP contribution in [0.2, 0.25) is 0 Å². The monoisotopic (exact) mass is 592 g/mol. The van der Waals surface area contributed by atoms with Crippen molar-refractivity contribution < 1.29 is 34.2 Å². The quantitative estimate of drug-likeness (QED) is 0.0436. The predicted molar refractivity (Wildman–Crippen MR) is 154 cm³/mol. The highest BCUT2D eigenvalue weighted by molar-refractivity contribution is 7.80. The summed E-state index contributed by atoms with van der Waals surface area (Å²) in [5.41, 5.74) is 18.1. The summed E-state index contributed by atoms with van der Waals surface area (Å²) < 4.78 is 0. The maximum Gasteiger partial charge on any atom is 0.327 e. The number of nitrogens with zero attached hydrogens (tertiary/aromatic N) is 1. The smallest absolute Gasteiger partial charge is 0.327 e. The van der Waals surface area contributed by atoms with Gasteiger partial charge in [-0.2, -0.15) is 12.6 Å². The maximum absolute atomic E-state index is 13.5. The molecule has 224 valence electrons. The molecule has 1 heterocycles. The van der Waals surface area contributed by atoms with E-state index in [0.29, 0.717) is 12.0 Å². The number of hydrogen-bond donors (Lipinski definition) is 10. The van der Waals surface area contributed by atoms with E-state index in [-0.39, 0.29) is 37.5 Å². The molecular formula is C25H36N8O7S. The summed E-state index contributed by atoms with van der Waals surface area (Å²) in [7, 11) is 0. The lowest BCUT2D eigenvalue weighted by molar-refractivity contribution is -0.142. The van der Waals surface area contributed by atoms with Crippen molar-refractivity contribution in [1.82, 2.24) is 20.9 Å². The first-order chi connectivity index (χ1) is 19.4. The van der Waals surface area contributed by atoms with Gasteiger partial charge < -0.3 is 48.3 Å². The van der Waals surface area contributed by atoms with Crippen LogP contribution in [-0.2, 0) is 30.4 Å². The van der Waals surface area contributed by atoms with Gasteiger partial charge in [0.15, 0.2) is 5.96 Å². The number of H-pyrrole nitrogens is 1. The number of aliphatic imine (C=N–C) groups is 1. The van der Waals surface area contributed by atoms with E-state index in [1.807, 2.05) is 24.3 Å². The number of rotatable bonds is 17. The number of para-hydroxylation sites is 1. The Labute approximate surface area is 241 Å². The molecule has 0 saturated heterocycles. The highest BCUT2D eigenvalue weighted by Gasteiger charge is 2.31. The number of carboxylic acid groups (broad SMARTS) is 2. The van der Waals surface area contributed by atoms with Gasteiger partial charge >= 0.3 is 11.9 Å². The number of aliphatic carboxylic acids is 2. The fraction of sp³-hybridized carbons (Fsp3) is 0.440. The second kappa shape index (κ2) is 16.1. The third kappa shape index (κ3) is 10.6. The van der Waals surface area contributed by atoms with Crippen LogP contribution < -0.4 is 33.2 Å². The molecule has 41 heavy (non-hydrogen) atoms. The Hall–Kier alpha value is -4.31. The fourth-order valence-corrected chi connectivity index (χ4v) is 4.17. The van der Waals surface area contributed by atoms with E-state index >= 15 is 0 Å². The van der Waals surface area contributed by atoms with E-state index < -0.39 is 60.2 Å². The number of carbonyl (C=O) groups excluding carboxylic acids is 3. The van der Waals surface area contributed by atoms with Crippen LogP contribution in [-0.4, -0.2) is 87.3 Å². The lowest BCUT2D eigenvalue weighted by atomic mass is 10.0. The zero-order valence-electron chi connectivity index (χ0n) is 22.2. The fourth-order valence-electron chi connectivity index (χ4n) is 3.93. The molecule has 0 aliphatic rings. The number of carboxylic acids is 2. The largest absolute Gasteiger partial charge is 0.481 e. The molecule has 3 amide bonds. The Bertz CT molecular complexity index is 1260. The number of amides is 3. The third-order valence-electron chi connectivity index (χ3n) is 6.11. The average molecular weight is 593 g/mol. The molecule has 0 fully saturated rings. The first-order valence-corrected chi connectivity index (χ1v) is 13.4. The molecule has 2 rings (SSSR count). The summed E-state index contributed by atoms with van der Waals surface area (Å²) >= 11 is 3.90. The Kier molecular flexibility index (Phi) is 12.9. The molecule has 2 aromatic rings. The first-order valence-electron chi connectivity index (χ1n) is 12.8. The van der Waals surface area contributed by atoms with Crippen LogP contribution in [0.3, 0.4) is 0 Å². The van der Waals surface area contributed by atoms with E-state index in [1.54, 1.807) is 6.20 Å². The van der Waals surface area contributed by atoms with Crippen molar-refractivity contribution in [3.63, 3.8) is 0 Å². The van der Waals surface area contributed by atoms with Crippen molar-refractivity contribution in [3.8, 4) is 0 Å². The zero-order chi connectivity index (χ0) is 30.5. The second-order valence-electron chi connectivity index (χ2n) is 9.26. The number of hydrogen-bond acceptors (Lipinski definition) is 8. The van der Waals surface area contributed by atoms with Crippen molar-refractivity contribution in [1.29, 1.82) is 0 Å². The Morgan fingerprint density at radius 2 is 1.56 bits per heavy atom. The molecule has 0 saturated carbocycles. The normalized spacial score (nSPS) is 13.8. The van der Waals surface area contributed by atoms with Crippen LogP contribution in [0.15, 0.2) is 35.5 Å². The van der Waals surface area contributed by atoms with Gasteiger partial charge in [0.2, 0.25) is 17.7 Å². The summed E-state index contributed by atoms with van der Waals surface area (Å²) in [6, 6.07) is 2.32. The molecule has 0 spiro atoms. The Morgan fingerprint density at radius 3 is 2.20 bits per heavy atom. The van der Waals surface area contributed by atoms with Crippen molar-refractivity contribution >= 4 is 59.2 Å². The van der Waals surface area contributed by atoms with Crippen LogP contribution in [0.25, 0.3) is 10.9 Å². The highest BCUT2D eigenvalue weighted by atomic mass is 32.1. The molecule has 4 atom stereocenters. The zero-order valence-corrected chi connectivity index (χ0v) is 23.1. The minimum Gasteiger partial charge on any atom is -0.481 e. The van der Waals surface area contributed by atoms with Gasteiger partial charge in [0.05, 0.1) is 6.04 Å². The molecule has 4 unspecified atom stereocenters. The topological polar surface area (TPSA) is 268 Å². The highest BCUT2D eigenvalue weighted by Crippen LogP contribution is 2.19. The van der Waals surface area contributed by atoms with Gasteiger partial charge in [-0.05, 0) is 30.9 Å². The van der Waals surface area contributed by atoms with Crippen LogP contribution in [0.4, 0.5) is 0 Å². The van der Waals surface area contributed by atoms with Gasteiger partial charge in [0, 0.05) is 42.2 Å². The first kappa shape index (κ1) is 32.9. The van der Waals surface area contributed by atoms with Gasteiger partial charge in [-0.3, -0.25) is 24.2 Å². The van der Waals surface area contributed by atoms with E-state index in [9.17, 15) is 29.1 Å². The van der Waals surface area contributed by atoms with E-state index in [4.69, 9.17) is 22.3 Å². The van der Waals surface area contributed by atoms with Gasteiger partial charge in [0.25, 0.3) is 0 Å². The number of aromatic nitrogens is 1. The van der Waals surface area contributed by atoms with Gasteiger partial charge in [-0.25, -0.2) is 4.79 Å². The summed E-state index contributed by atoms with van der Waals surface area (Å²) in [5, 5.41) is 26.5. The lowest BCUT2D eigenvalue weighted by Gasteiger charge is -2.25. The molecule has 1 aromatic heterocycles. The number of carbonyl (C=O) groups is 5. The Balaban J connectivity index is 2.27. The summed E-state index contributed by atoms with van der Waals surface area (Å²) in [5.74, 6) is -5.24. The molecule has 0 bridgehead atoms. The summed E-state index contributed by atoms with van der Waals surface area (Å²) in [6.45, 7) is 0.257. The number of thiol groups is 1. The molecule has 1 aromatic carbocycles. The standard InChI is InChI=1S/C25H36N8O7S/c26-15(5-3-9-29-25(27)28)21(36)32-18(10-13-11-30-16-6-2-1-4-14(13)16)23(38)31-17(7-8-20(34)35)22(37)33-19(12-41)24(39)40/h1-2,4,6,11,15,17-19,30,41H,3,5,7-10,12,26H2,(H,31,38)(H,32,36)(H,33,37)(H,34,35)(H,39,40)(H4,27,28,29). The molecule has 0 aliphatic carbocycles. The number of benzene rings is 1. The summed E-state index contributed by atoms with van der Waals surface area (Å²) in [4.78, 5) is 68.7. The lowest BCUT2D eigenvalue weighted by Crippen LogP contribution is -2.57. The second-order valence-corrected chi connectivity index (χ2v) is 9.62. The van der Waals surface area contributed by atoms with E-state index in [0.717, 1.165) is 10.9 Å². The van der Waals surface area contributed by atoms with Crippen LogP contribution >= 0.6 is 12.6 Å². The van der Waals surface area contributed by atoms with Crippen molar-refractivity contribution in [2.75, 3.05) is 12.3 Å². The number of guanidine groups is 1. The van der Waals surface area contributed by atoms with Crippen molar-refractivity contribution in [3.05, 3.63) is 36.0 Å². The maximum atomic E-state index is 13.5. The molecule has 0 aliphatic heterocycles. The number of nitrogens with one attached hydrogen (secondary N) is 4. The van der Waals surface area contributed by atoms with Gasteiger partial charge in [-0.1, -0.05) is 18.2 Å². The van der Waals surface area contributed by atoms with E-state index in [1.165, 1.54) is 0 Å². The Morgan fingerprint density at radius 1 is 0.927 bits per heavy atom. The van der Waals surface area contributed by atoms with Gasteiger partial charge in [-0.15, -0.1) is 0 Å². The van der Waals surface area contributed by atoms with Gasteiger partial charge in [0.1, 0.15) is 18.1 Å². The number of aromatic amines is 1. The van der Waals surface area contributed by atoms with Crippen LogP contribution in [0.5, 0.6) is 0 Å². The molecule has 0 radical (unpaired) electrons. The van der Waals surface area contributed by atoms with Crippen molar-refractivity contribution in [2.24, 2.45) is 22.2 Å². The summed E-state index contributed by atoms with van der Waals surface area (Å²) in [6.07, 6.45) is 1.49. The minimum absolute atomic E-state index is 0.00394.